The van der Waals surface area contributed by atoms with Gasteiger partial charge in [0.15, 0.2) is 0 Å². The predicted molar refractivity (Wildman–Crippen MR) is 120 cm³/mol. The van der Waals surface area contributed by atoms with Crippen LogP contribution in [0.4, 0.5) is 15.8 Å². The van der Waals surface area contributed by atoms with Crippen molar-refractivity contribution >= 4 is 27.3 Å². The molecule has 0 aliphatic carbocycles. The van der Waals surface area contributed by atoms with E-state index in [0.29, 0.717) is 25.2 Å². The molecule has 2 aromatic rings. The third kappa shape index (κ3) is 6.75. The van der Waals surface area contributed by atoms with E-state index in [9.17, 15) is 17.6 Å². The second-order valence-corrected chi connectivity index (χ2v) is 9.29. The van der Waals surface area contributed by atoms with Gasteiger partial charge in [0.05, 0.1) is 4.90 Å². The molecule has 9 heteroatoms. The molecule has 31 heavy (non-hydrogen) atoms. The van der Waals surface area contributed by atoms with Crippen LogP contribution in [0.15, 0.2) is 53.4 Å². The Morgan fingerprint density at radius 1 is 1.00 bits per heavy atom. The van der Waals surface area contributed by atoms with Crippen molar-refractivity contribution in [1.82, 2.24) is 9.62 Å². The summed E-state index contributed by atoms with van der Waals surface area (Å²) < 4.78 is 40.8. The van der Waals surface area contributed by atoms with E-state index in [4.69, 9.17) is 0 Å². The lowest BCUT2D eigenvalue weighted by atomic mass is 10.2. The molecule has 0 atom stereocenters. The molecule has 0 unspecified atom stereocenters. The highest BCUT2D eigenvalue weighted by atomic mass is 32.2. The van der Waals surface area contributed by atoms with Crippen LogP contribution < -0.4 is 14.9 Å². The SMILES string of the molecule is CCCC(=O)Nc1ccc(S(=O)(=O)NCCN2CCN(c3ccc(F)cc3)CC2)cc1. The monoisotopic (exact) mass is 448 g/mol. The molecule has 1 amide bonds. The number of anilines is 2. The lowest BCUT2D eigenvalue weighted by Crippen LogP contribution is -2.48. The number of hydrogen-bond acceptors (Lipinski definition) is 5. The summed E-state index contributed by atoms with van der Waals surface area (Å²) in [6.45, 7) is 6.09. The maximum atomic E-state index is 13.1. The molecule has 2 N–H and O–H groups in total. The average Bonchev–Trinajstić information content (AvgIpc) is 2.75. The number of nitrogens with one attached hydrogen (secondary N) is 2. The minimum atomic E-state index is -3.61. The Hall–Kier alpha value is -2.49. The third-order valence-corrected chi connectivity index (χ3v) is 6.69. The van der Waals surface area contributed by atoms with Crippen molar-refractivity contribution in [3.05, 3.63) is 54.3 Å². The number of sulfonamides is 1. The first-order valence-electron chi connectivity index (χ1n) is 10.5. The van der Waals surface area contributed by atoms with E-state index in [0.717, 1.165) is 38.3 Å². The molecular weight excluding hydrogens is 419 g/mol. The number of carbonyl (C=O) groups excluding carboxylic acids is 1. The molecule has 1 aliphatic heterocycles. The molecule has 0 spiro atoms. The van der Waals surface area contributed by atoms with Gasteiger partial charge in [0.1, 0.15) is 5.82 Å². The van der Waals surface area contributed by atoms with Gasteiger partial charge in [-0.25, -0.2) is 17.5 Å². The lowest BCUT2D eigenvalue weighted by molar-refractivity contribution is -0.116. The number of halogens is 1. The summed E-state index contributed by atoms with van der Waals surface area (Å²) >= 11 is 0. The Morgan fingerprint density at radius 2 is 1.65 bits per heavy atom. The predicted octanol–water partition coefficient (Wildman–Crippen LogP) is 2.66. The van der Waals surface area contributed by atoms with Gasteiger partial charge in [0.2, 0.25) is 15.9 Å². The molecule has 0 radical (unpaired) electrons. The number of benzene rings is 2. The van der Waals surface area contributed by atoms with Crippen LogP contribution >= 0.6 is 0 Å². The van der Waals surface area contributed by atoms with E-state index >= 15 is 0 Å². The standard InChI is InChI=1S/C22H29FN4O3S/c1-2-3-22(28)25-19-6-10-21(11-7-19)31(29,30)24-12-13-26-14-16-27(17-15-26)20-8-4-18(23)5-9-20/h4-11,24H,2-3,12-17H2,1H3,(H,25,28). The zero-order valence-electron chi connectivity index (χ0n) is 17.7. The topological polar surface area (TPSA) is 81.7 Å². The van der Waals surface area contributed by atoms with Gasteiger partial charge in [-0.05, 0) is 55.0 Å². The minimum Gasteiger partial charge on any atom is -0.369 e. The summed E-state index contributed by atoms with van der Waals surface area (Å²) in [5, 5.41) is 2.74. The Balaban J connectivity index is 1.43. The molecule has 0 bridgehead atoms. The highest BCUT2D eigenvalue weighted by Gasteiger charge is 2.19. The van der Waals surface area contributed by atoms with Gasteiger partial charge < -0.3 is 10.2 Å². The number of carbonyl (C=O) groups is 1. The average molecular weight is 449 g/mol. The van der Waals surface area contributed by atoms with Crippen LogP contribution in [0.25, 0.3) is 0 Å². The second kappa shape index (κ2) is 10.7. The summed E-state index contributed by atoms with van der Waals surface area (Å²) in [5.41, 5.74) is 1.58. The van der Waals surface area contributed by atoms with E-state index in [1.165, 1.54) is 24.3 Å². The number of amides is 1. The van der Waals surface area contributed by atoms with Gasteiger partial charge >= 0.3 is 0 Å². The summed E-state index contributed by atoms with van der Waals surface area (Å²) in [5.74, 6) is -0.332. The first kappa shape index (κ1) is 23.2. The number of piperazine rings is 1. The van der Waals surface area contributed by atoms with Crippen LogP contribution in [-0.2, 0) is 14.8 Å². The van der Waals surface area contributed by atoms with E-state index in [2.05, 4.69) is 19.8 Å². The molecule has 1 heterocycles. The van der Waals surface area contributed by atoms with Gasteiger partial charge in [-0.3, -0.25) is 9.69 Å². The van der Waals surface area contributed by atoms with Crippen LogP contribution in [0.3, 0.4) is 0 Å². The highest BCUT2D eigenvalue weighted by molar-refractivity contribution is 7.89. The highest BCUT2D eigenvalue weighted by Crippen LogP contribution is 2.17. The van der Waals surface area contributed by atoms with Crippen molar-refractivity contribution in [3.63, 3.8) is 0 Å². The molecule has 1 fully saturated rings. The Kier molecular flexibility index (Phi) is 8.00. The maximum absolute atomic E-state index is 13.1. The third-order valence-electron chi connectivity index (χ3n) is 5.21. The quantitative estimate of drug-likeness (QED) is 0.616. The molecule has 0 aromatic heterocycles. The molecule has 1 aliphatic rings. The first-order valence-corrected chi connectivity index (χ1v) is 12.0. The number of rotatable bonds is 9. The van der Waals surface area contributed by atoms with Crippen molar-refractivity contribution in [2.24, 2.45) is 0 Å². The Bertz CT molecular complexity index is 957. The fourth-order valence-corrected chi connectivity index (χ4v) is 4.49. The van der Waals surface area contributed by atoms with Crippen LogP contribution in [0.5, 0.6) is 0 Å². The summed E-state index contributed by atoms with van der Waals surface area (Å²) in [6.07, 6.45) is 1.18. The second-order valence-electron chi connectivity index (χ2n) is 7.53. The molecule has 0 saturated carbocycles. The van der Waals surface area contributed by atoms with Crippen molar-refractivity contribution in [2.45, 2.75) is 24.7 Å². The normalized spacial score (nSPS) is 15.1. The van der Waals surface area contributed by atoms with Crippen molar-refractivity contribution in [2.75, 3.05) is 49.5 Å². The summed E-state index contributed by atoms with van der Waals surface area (Å²) in [7, 11) is -3.61. The van der Waals surface area contributed by atoms with E-state index < -0.39 is 10.0 Å². The van der Waals surface area contributed by atoms with E-state index in [1.54, 1.807) is 24.3 Å². The molecular formula is C22H29FN4O3S. The zero-order chi connectivity index (χ0) is 22.3. The van der Waals surface area contributed by atoms with Crippen molar-refractivity contribution in [3.8, 4) is 0 Å². The van der Waals surface area contributed by atoms with Crippen LogP contribution in [0.2, 0.25) is 0 Å². The Morgan fingerprint density at radius 3 is 2.26 bits per heavy atom. The maximum Gasteiger partial charge on any atom is 0.240 e. The van der Waals surface area contributed by atoms with Gasteiger partial charge in [-0.1, -0.05) is 6.92 Å². The summed E-state index contributed by atoms with van der Waals surface area (Å²) in [6, 6.07) is 12.6. The van der Waals surface area contributed by atoms with Crippen LogP contribution in [-0.4, -0.2) is 58.5 Å². The lowest BCUT2D eigenvalue weighted by Gasteiger charge is -2.36. The van der Waals surface area contributed by atoms with Gasteiger partial charge in [0, 0.05) is 57.1 Å². The molecule has 2 aromatic carbocycles. The first-order chi connectivity index (χ1) is 14.9. The molecule has 168 valence electrons. The minimum absolute atomic E-state index is 0.0873. The van der Waals surface area contributed by atoms with Gasteiger partial charge in [0.25, 0.3) is 0 Å². The number of hydrogen-bond donors (Lipinski definition) is 2. The van der Waals surface area contributed by atoms with Crippen LogP contribution in [0, 0.1) is 5.82 Å². The van der Waals surface area contributed by atoms with Crippen LogP contribution in [0.1, 0.15) is 19.8 Å². The fraction of sp³-hybridized carbons (Fsp3) is 0.409. The van der Waals surface area contributed by atoms with Gasteiger partial charge in [-0.15, -0.1) is 0 Å². The molecule has 7 nitrogen and oxygen atoms in total. The molecule has 1 saturated heterocycles. The molecule has 3 rings (SSSR count). The van der Waals surface area contributed by atoms with Crippen molar-refractivity contribution in [1.29, 1.82) is 0 Å². The zero-order valence-corrected chi connectivity index (χ0v) is 18.5. The van der Waals surface area contributed by atoms with Crippen molar-refractivity contribution < 1.29 is 17.6 Å². The van der Waals surface area contributed by atoms with E-state index in [-0.39, 0.29) is 16.6 Å². The largest absolute Gasteiger partial charge is 0.369 e. The Labute approximate surface area is 183 Å². The smallest absolute Gasteiger partial charge is 0.240 e. The summed E-state index contributed by atoms with van der Waals surface area (Å²) in [4.78, 5) is 16.2. The van der Waals surface area contributed by atoms with E-state index in [1.807, 2.05) is 6.92 Å². The van der Waals surface area contributed by atoms with Gasteiger partial charge in [-0.2, -0.15) is 0 Å². The number of nitrogens with zero attached hydrogens (tertiary/aromatic N) is 2. The fourth-order valence-electron chi connectivity index (χ4n) is 3.47.